The molecule has 0 fully saturated rings. The minimum absolute atomic E-state index is 0.126. The summed E-state index contributed by atoms with van der Waals surface area (Å²) in [5.74, 6) is 1.38. The van der Waals surface area contributed by atoms with Crippen LogP contribution in [0.25, 0.3) is 11.1 Å². The van der Waals surface area contributed by atoms with Gasteiger partial charge < -0.3 is 10.6 Å². The quantitative estimate of drug-likeness (QED) is 0.650. The van der Waals surface area contributed by atoms with E-state index in [4.69, 9.17) is 5.73 Å². The maximum atomic E-state index is 13.1. The number of H-pyrrole nitrogens is 1. The van der Waals surface area contributed by atoms with Crippen LogP contribution >= 0.6 is 0 Å². The molecule has 3 aromatic rings. The molecule has 0 aliphatic heterocycles. The van der Waals surface area contributed by atoms with Crippen LogP contribution in [0.2, 0.25) is 0 Å². The molecule has 160 valence electrons. The lowest BCUT2D eigenvalue weighted by atomic mass is 10.0. The van der Waals surface area contributed by atoms with Crippen LogP contribution in [0.3, 0.4) is 0 Å². The van der Waals surface area contributed by atoms with Gasteiger partial charge >= 0.3 is 0 Å². The Morgan fingerprint density at radius 2 is 1.73 bits per heavy atom. The standard InChI is InChI=1S/C21H28N6O2S/c1-12-8-15(10-16(9-12)30(28,29)21(4,5)6)17-11-23-20(22)24-19(17)27(7)18-13(2)14(3)25-26-18/h8-11H,1-7H3,(H,25,26)(H2,22,23,24). The molecular weight excluding hydrogens is 400 g/mol. The fourth-order valence-electron chi connectivity index (χ4n) is 3.16. The number of nitrogens with zero attached hydrogens (tertiary/aromatic N) is 4. The van der Waals surface area contributed by atoms with E-state index in [2.05, 4.69) is 20.2 Å². The monoisotopic (exact) mass is 428 g/mol. The predicted molar refractivity (Wildman–Crippen MR) is 120 cm³/mol. The average molecular weight is 429 g/mol. The Kier molecular flexibility index (Phi) is 5.36. The fraction of sp³-hybridized carbons (Fsp3) is 0.381. The number of aromatic amines is 1. The normalized spacial score (nSPS) is 12.2. The molecular formula is C21H28N6O2S. The molecule has 2 aromatic heterocycles. The third kappa shape index (κ3) is 3.77. The molecule has 0 amide bonds. The Morgan fingerprint density at radius 3 is 2.30 bits per heavy atom. The van der Waals surface area contributed by atoms with Gasteiger partial charge in [-0.15, -0.1) is 0 Å². The lowest BCUT2D eigenvalue weighted by molar-refractivity contribution is 0.560. The Bertz CT molecular complexity index is 1210. The molecule has 0 unspecified atom stereocenters. The molecule has 3 N–H and O–H groups in total. The van der Waals surface area contributed by atoms with Crippen molar-refractivity contribution in [3.8, 4) is 11.1 Å². The predicted octanol–water partition coefficient (Wildman–Crippen LogP) is 3.71. The van der Waals surface area contributed by atoms with Crippen molar-refractivity contribution in [3.63, 3.8) is 0 Å². The molecule has 0 bridgehead atoms. The van der Waals surface area contributed by atoms with E-state index in [0.717, 1.165) is 16.8 Å². The average Bonchev–Trinajstić information content (AvgIpc) is 2.98. The largest absolute Gasteiger partial charge is 0.368 e. The molecule has 8 nitrogen and oxygen atoms in total. The highest BCUT2D eigenvalue weighted by molar-refractivity contribution is 7.92. The molecule has 0 spiro atoms. The number of anilines is 3. The number of hydrogen-bond donors (Lipinski definition) is 2. The Labute approximate surface area is 177 Å². The van der Waals surface area contributed by atoms with E-state index in [0.29, 0.717) is 22.8 Å². The van der Waals surface area contributed by atoms with Crippen molar-refractivity contribution in [2.24, 2.45) is 0 Å². The van der Waals surface area contributed by atoms with Gasteiger partial charge in [-0.25, -0.2) is 13.4 Å². The van der Waals surface area contributed by atoms with E-state index in [1.807, 2.05) is 38.8 Å². The highest BCUT2D eigenvalue weighted by atomic mass is 32.2. The van der Waals surface area contributed by atoms with Crippen LogP contribution in [-0.2, 0) is 9.84 Å². The number of nitrogens with two attached hydrogens (primary N) is 1. The summed E-state index contributed by atoms with van der Waals surface area (Å²) in [7, 11) is -1.68. The summed E-state index contributed by atoms with van der Waals surface area (Å²) in [6.07, 6.45) is 1.62. The molecule has 0 radical (unpaired) electrons. The summed E-state index contributed by atoms with van der Waals surface area (Å²) >= 11 is 0. The molecule has 0 atom stereocenters. The highest BCUT2D eigenvalue weighted by Crippen LogP contribution is 2.36. The second-order valence-electron chi connectivity index (χ2n) is 8.47. The minimum atomic E-state index is -3.52. The van der Waals surface area contributed by atoms with E-state index >= 15 is 0 Å². The number of nitrogens with one attached hydrogen (secondary N) is 1. The zero-order valence-corrected chi connectivity index (χ0v) is 19.2. The number of hydrogen-bond acceptors (Lipinski definition) is 7. The van der Waals surface area contributed by atoms with Gasteiger partial charge in [0.25, 0.3) is 0 Å². The zero-order chi connectivity index (χ0) is 22.4. The van der Waals surface area contributed by atoms with Crippen molar-refractivity contribution in [2.45, 2.75) is 51.2 Å². The maximum absolute atomic E-state index is 13.1. The van der Waals surface area contributed by atoms with Crippen LogP contribution in [0.4, 0.5) is 17.6 Å². The van der Waals surface area contributed by atoms with Crippen molar-refractivity contribution in [1.29, 1.82) is 0 Å². The van der Waals surface area contributed by atoms with Crippen molar-refractivity contribution in [3.05, 3.63) is 41.2 Å². The van der Waals surface area contributed by atoms with E-state index in [1.165, 1.54) is 0 Å². The van der Waals surface area contributed by atoms with Gasteiger partial charge in [-0.2, -0.15) is 10.1 Å². The van der Waals surface area contributed by atoms with Gasteiger partial charge in [0.2, 0.25) is 5.95 Å². The van der Waals surface area contributed by atoms with Gasteiger partial charge in [-0.1, -0.05) is 6.07 Å². The topological polar surface area (TPSA) is 118 Å². The van der Waals surface area contributed by atoms with Crippen LogP contribution in [0.5, 0.6) is 0 Å². The van der Waals surface area contributed by atoms with E-state index in [1.54, 1.807) is 39.1 Å². The smallest absolute Gasteiger partial charge is 0.221 e. The van der Waals surface area contributed by atoms with Crippen LogP contribution in [0.1, 0.15) is 37.6 Å². The summed E-state index contributed by atoms with van der Waals surface area (Å²) < 4.78 is 25.2. The van der Waals surface area contributed by atoms with Gasteiger partial charge in [0.1, 0.15) is 5.82 Å². The molecule has 2 heterocycles. The van der Waals surface area contributed by atoms with Crippen molar-refractivity contribution < 1.29 is 8.42 Å². The van der Waals surface area contributed by atoms with Gasteiger partial charge in [-0.05, 0) is 64.8 Å². The first kappa shape index (κ1) is 21.8. The lowest BCUT2D eigenvalue weighted by Gasteiger charge is -2.22. The number of aromatic nitrogens is 4. The number of rotatable bonds is 4. The Morgan fingerprint density at radius 1 is 1.07 bits per heavy atom. The van der Waals surface area contributed by atoms with Crippen molar-refractivity contribution in [2.75, 3.05) is 17.7 Å². The zero-order valence-electron chi connectivity index (χ0n) is 18.4. The molecule has 30 heavy (non-hydrogen) atoms. The van der Waals surface area contributed by atoms with E-state index in [9.17, 15) is 8.42 Å². The molecule has 1 aromatic carbocycles. The summed E-state index contributed by atoms with van der Waals surface area (Å²) in [5, 5.41) is 7.34. The third-order valence-corrected chi connectivity index (χ3v) is 7.60. The van der Waals surface area contributed by atoms with Crippen LogP contribution < -0.4 is 10.6 Å². The number of sulfone groups is 1. The Hall–Kier alpha value is -2.94. The number of benzene rings is 1. The van der Waals surface area contributed by atoms with E-state index in [-0.39, 0.29) is 10.8 Å². The van der Waals surface area contributed by atoms with Crippen LogP contribution in [0.15, 0.2) is 29.3 Å². The third-order valence-electron chi connectivity index (χ3n) is 5.13. The molecule has 0 saturated heterocycles. The van der Waals surface area contributed by atoms with Gasteiger partial charge in [-0.3, -0.25) is 5.10 Å². The lowest BCUT2D eigenvalue weighted by Crippen LogP contribution is -2.28. The van der Waals surface area contributed by atoms with Crippen LogP contribution in [0, 0.1) is 20.8 Å². The number of aryl methyl sites for hydroxylation is 2. The van der Waals surface area contributed by atoms with Crippen LogP contribution in [-0.4, -0.2) is 40.4 Å². The number of nitrogen functional groups attached to an aromatic ring is 1. The molecule has 0 aliphatic carbocycles. The highest BCUT2D eigenvalue weighted by Gasteiger charge is 2.31. The first-order valence-electron chi connectivity index (χ1n) is 9.57. The SMILES string of the molecule is Cc1cc(-c2cnc(N)nc2N(C)c2n[nH]c(C)c2C)cc(S(=O)(=O)C(C)(C)C)c1. The van der Waals surface area contributed by atoms with Crippen molar-refractivity contribution in [1.82, 2.24) is 20.2 Å². The Balaban J connectivity index is 2.22. The first-order valence-corrected chi connectivity index (χ1v) is 11.1. The molecule has 0 saturated carbocycles. The molecule has 3 rings (SSSR count). The second kappa shape index (κ2) is 7.39. The van der Waals surface area contributed by atoms with E-state index < -0.39 is 14.6 Å². The molecule has 9 heteroatoms. The summed E-state index contributed by atoms with van der Waals surface area (Å²) in [6.45, 7) is 10.9. The van der Waals surface area contributed by atoms with Gasteiger partial charge in [0, 0.05) is 30.1 Å². The summed E-state index contributed by atoms with van der Waals surface area (Å²) in [6, 6.07) is 5.27. The van der Waals surface area contributed by atoms with Gasteiger partial charge in [0.05, 0.1) is 9.64 Å². The fourth-order valence-corrected chi connectivity index (χ4v) is 4.49. The maximum Gasteiger partial charge on any atom is 0.221 e. The van der Waals surface area contributed by atoms with Crippen molar-refractivity contribution >= 4 is 27.4 Å². The summed E-state index contributed by atoms with van der Waals surface area (Å²) in [5.41, 5.74) is 10.0. The second-order valence-corrected chi connectivity index (χ2v) is 11.2. The molecule has 0 aliphatic rings. The van der Waals surface area contributed by atoms with Gasteiger partial charge in [0.15, 0.2) is 15.7 Å². The first-order chi connectivity index (χ1) is 13.8. The summed E-state index contributed by atoms with van der Waals surface area (Å²) in [4.78, 5) is 10.7. The minimum Gasteiger partial charge on any atom is -0.368 e.